The first-order valence-electron chi connectivity index (χ1n) is 11.2. The smallest absolute Gasteiger partial charge is 0.426 e. The van der Waals surface area contributed by atoms with E-state index in [1.165, 1.54) is 61.5 Å². The Morgan fingerprint density at radius 1 is 1.08 bits per heavy atom. The highest BCUT2D eigenvalue weighted by Gasteiger charge is 2.19. The zero-order valence-electron chi connectivity index (χ0n) is 20.5. The van der Waals surface area contributed by atoms with Crippen LogP contribution in [-0.2, 0) is 16.1 Å². The van der Waals surface area contributed by atoms with Crippen molar-refractivity contribution in [3.05, 3.63) is 86.9 Å². The van der Waals surface area contributed by atoms with Crippen LogP contribution in [0.5, 0.6) is 11.5 Å². The molecule has 0 aliphatic rings. The summed E-state index contributed by atoms with van der Waals surface area (Å²) < 4.78 is 33.3. The molecule has 0 aliphatic carbocycles. The SMILES string of the molecule is CCN(C(=O)Oc1ccc(NC(=O)COc2ccc(Cl)cc2C(=O)c2cc(Cl)cc(C#N)c2)c(C)c1)S(=O)[O-]. The molecule has 0 bridgehead atoms. The number of rotatable bonds is 9. The van der Waals surface area contributed by atoms with Gasteiger partial charge in [-0.25, -0.2) is 9.10 Å². The van der Waals surface area contributed by atoms with Crippen LogP contribution in [-0.4, -0.2) is 44.0 Å². The average molecular weight is 589 g/mol. The highest BCUT2D eigenvalue weighted by molar-refractivity contribution is 7.77. The molecule has 0 spiro atoms. The van der Waals surface area contributed by atoms with Crippen molar-refractivity contribution in [2.24, 2.45) is 0 Å². The molecule has 3 aromatic rings. The maximum absolute atomic E-state index is 13.1. The lowest BCUT2D eigenvalue weighted by Crippen LogP contribution is -2.34. The van der Waals surface area contributed by atoms with Gasteiger partial charge in [-0.15, -0.1) is 0 Å². The summed E-state index contributed by atoms with van der Waals surface area (Å²) in [7, 11) is 0. The Labute approximate surface area is 236 Å². The number of carbonyl (C=O) groups excluding carboxylic acids is 3. The number of nitrogens with zero attached hydrogens (tertiary/aromatic N) is 2. The molecule has 1 N–H and O–H groups in total. The number of carbonyl (C=O) groups is 3. The zero-order valence-corrected chi connectivity index (χ0v) is 22.9. The molecule has 0 saturated carbocycles. The molecule has 1 unspecified atom stereocenters. The van der Waals surface area contributed by atoms with Gasteiger partial charge < -0.3 is 19.3 Å². The third-order valence-corrected chi connectivity index (χ3v) is 6.40. The van der Waals surface area contributed by atoms with E-state index >= 15 is 0 Å². The lowest BCUT2D eigenvalue weighted by molar-refractivity contribution is -0.118. The van der Waals surface area contributed by atoms with Crippen LogP contribution in [0.15, 0.2) is 54.6 Å². The summed E-state index contributed by atoms with van der Waals surface area (Å²) in [5, 5.41) is 12.3. The first-order valence-corrected chi connectivity index (χ1v) is 13.0. The van der Waals surface area contributed by atoms with Gasteiger partial charge in [0.15, 0.2) is 12.4 Å². The van der Waals surface area contributed by atoms with Crippen molar-refractivity contribution in [2.75, 3.05) is 18.5 Å². The van der Waals surface area contributed by atoms with E-state index in [0.717, 1.165) is 0 Å². The topological polar surface area (TPSA) is 149 Å². The van der Waals surface area contributed by atoms with Crippen molar-refractivity contribution in [1.82, 2.24) is 4.31 Å². The fourth-order valence-corrected chi connectivity index (χ4v) is 4.14. The molecule has 0 aromatic heterocycles. The first-order chi connectivity index (χ1) is 18.5. The van der Waals surface area contributed by atoms with Crippen LogP contribution < -0.4 is 14.8 Å². The van der Waals surface area contributed by atoms with Crippen LogP contribution in [0.1, 0.15) is 34.0 Å². The van der Waals surface area contributed by atoms with Crippen molar-refractivity contribution >= 4 is 57.9 Å². The predicted octanol–water partition coefficient (Wildman–Crippen LogP) is 5.04. The summed E-state index contributed by atoms with van der Waals surface area (Å²) in [6.45, 7) is 2.57. The highest BCUT2D eigenvalue weighted by Crippen LogP contribution is 2.28. The first kappa shape index (κ1) is 29.6. The number of amides is 2. The number of ether oxygens (including phenoxy) is 2. The Balaban J connectivity index is 1.70. The van der Waals surface area contributed by atoms with Crippen LogP contribution in [0.25, 0.3) is 0 Å². The standard InChI is InChI=1S/C26H21Cl2N3O7S/c1-3-31(39(35)36)26(34)38-20-5-6-22(15(2)8-20)30-24(32)14-37-23-7-4-18(27)12-21(23)25(33)17-9-16(13-29)10-19(28)11-17/h4-12H,3,14H2,1-2H3,(H,30,32)(H,35,36)/p-1. The zero-order chi connectivity index (χ0) is 28.7. The molecule has 0 saturated heterocycles. The molecule has 0 fully saturated rings. The number of benzene rings is 3. The minimum Gasteiger partial charge on any atom is -0.755 e. The quantitative estimate of drug-likeness (QED) is 0.270. The fraction of sp³-hybridized carbons (Fsp3) is 0.154. The van der Waals surface area contributed by atoms with E-state index in [1.54, 1.807) is 6.92 Å². The van der Waals surface area contributed by atoms with Gasteiger partial charge in [0.05, 0.1) is 28.5 Å². The van der Waals surface area contributed by atoms with Crippen molar-refractivity contribution in [3.63, 3.8) is 0 Å². The predicted molar refractivity (Wildman–Crippen MR) is 144 cm³/mol. The van der Waals surface area contributed by atoms with Gasteiger partial charge in [-0.1, -0.05) is 23.2 Å². The molecule has 2 amide bonds. The molecule has 39 heavy (non-hydrogen) atoms. The fourth-order valence-electron chi connectivity index (χ4n) is 3.36. The molecule has 3 rings (SSSR count). The molecule has 10 nitrogen and oxygen atoms in total. The van der Waals surface area contributed by atoms with Gasteiger partial charge in [0.1, 0.15) is 11.5 Å². The van der Waals surface area contributed by atoms with Crippen LogP contribution in [0.3, 0.4) is 0 Å². The summed E-state index contributed by atoms with van der Waals surface area (Å²) in [4.78, 5) is 37.7. The molecule has 1 atom stereocenters. The number of hydrogen-bond donors (Lipinski definition) is 1. The molecule has 0 heterocycles. The van der Waals surface area contributed by atoms with E-state index in [9.17, 15) is 28.4 Å². The van der Waals surface area contributed by atoms with Crippen LogP contribution in [0.2, 0.25) is 10.0 Å². The maximum Gasteiger partial charge on any atom is 0.426 e. The molecule has 202 valence electrons. The highest BCUT2D eigenvalue weighted by atomic mass is 35.5. The lowest BCUT2D eigenvalue weighted by Gasteiger charge is -2.21. The van der Waals surface area contributed by atoms with E-state index in [1.807, 2.05) is 6.07 Å². The minimum absolute atomic E-state index is 0.0731. The second-order valence-electron chi connectivity index (χ2n) is 7.90. The molecular formula is C26H20Cl2N3O7S-. The van der Waals surface area contributed by atoms with Crippen LogP contribution in [0, 0.1) is 18.3 Å². The van der Waals surface area contributed by atoms with E-state index in [4.69, 9.17) is 32.7 Å². The largest absolute Gasteiger partial charge is 0.755 e. The van der Waals surface area contributed by atoms with Crippen molar-refractivity contribution in [2.45, 2.75) is 13.8 Å². The number of halogens is 2. The molecule has 0 aliphatic heterocycles. The Bertz CT molecular complexity index is 1510. The Kier molecular flexibility index (Phi) is 10.0. The third-order valence-electron chi connectivity index (χ3n) is 5.18. The number of ketones is 1. The van der Waals surface area contributed by atoms with Gasteiger partial charge in [0, 0.05) is 27.8 Å². The normalized spacial score (nSPS) is 11.2. The number of hydrogen-bond acceptors (Lipinski definition) is 8. The van der Waals surface area contributed by atoms with Crippen molar-refractivity contribution in [1.29, 1.82) is 5.26 Å². The van der Waals surface area contributed by atoms with Crippen molar-refractivity contribution in [3.8, 4) is 17.6 Å². The van der Waals surface area contributed by atoms with Gasteiger partial charge in [0.2, 0.25) is 0 Å². The number of nitrogens with one attached hydrogen (secondary N) is 1. The molecular weight excluding hydrogens is 569 g/mol. The summed E-state index contributed by atoms with van der Waals surface area (Å²) in [5.41, 5.74) is 1.34. The van der Waals surface area contributed by atoms with Crippen molar-refractivity contribution < 1.29 is 32.6 Å². The molecule has 3 aromatic carbocycles. The Morgan fingerprint density at radius 3 is 2.46 bits per heavy atom. The van der Waals surface area contributed by atoms with Gasteiger partial charge in [0.25, 0.3) is 5.91 Å². The lowest BCUT2D eigenvalue weighted by atomic mass is 10.0. The number of anilines is 1. The number of aryl methyl sites for hydroxylation is 1. The van der Waals surface area contributed by atoms with Gasteiger partial charge >= 0.3 is 6.09 Å². The monoisotopic (exact) mass is 588 g/mol. The van der Waals surface area contributed by atoms with E-state index < -0.39 is 35.7 Å². The van der Waals surface area contributed by atoms with Gasteiger partial charge in [-0.05, 0) is 74.0 Å². The minimum atomic E-state index is -2.77. The van der Waals surface area contributed by atoms with Gasteiger partial charge in [-0.3, -0.25) is 13.8 Å². The Hall–Kier alpha value is -3.95. The third kappa shape index (κ3) is 7.78. The second kappa shape index (κ2) is 13.2. The van der Waals surface area contributed by atoms with E-state index in [2.05, 4.69) is 5.32 Å². The summed E-state index contributed by atoms with van der Waals surface area (Å²) in [6, 6.07) is 14.8. The summed E-state index contributed by atoms with van der Waals surface area (Å²) in [6.07, 6.45) is -1.06. The molecule has 0 radical (unpaired) electrons. The van der Waals surface area contributed by atoms with E-state index in [0.29, 0.717) is 15.6 Å². The van der Waals surface area contributed by atoms with E-state index in [-0.39, 0.29) is 44.8 Å². The Morgan fingerprint density at radius 2 is 1.82 bits per heavy atom. The maximum atomic E-state index is 13.1. The summed E-state index contributed by atoms with van der Waals surface area (Å²) in [5.74, 6) is -0.881. The second-order valence-corrected chi connectivity index (χ2v) is 9.65. The van der Waals surface area contributed by atoms with Crippen LogP contribution >= 0.6 is 23.2 Å². The average Bonchev–Trinajstić information content (AvgIpc) is 2.88. The van der Waals surface area contributed by atoms with Crippen LogP contribution in [0.4, 0.5) is 10.5 Å². The molecule has 13 heteroatoms. The van der Waals surface area contributed by atoms with Gasteiger partial charge in [-0.2, -0.15) is 5.26 Å². The summed E-state index contributed by atoms with van der Waals surface area (Å²) >= 11 is 9.33. The number of nitriles is 1.